The number of rotatable bonds is 5. The van der Waals surface area contributed by atoms with Gasteiger partial charge in [-0.2, -0.15) is 5.10 Å². The second kappa shape index (κ2) is 5.21. The molecule has 2 N–H and O–H groups in total. The standard InChI is InChI=1S/C11H15N3O2S2/c1-8(5-10-4-3-9(2)17-10)14-18(15,16)11-6-12-13-7-11/h3-4,6-8,14H,5H2,1-2H3,(H,12,13). The molecule has 0 saturated heterocycles. The van der Waals surface area contributed by atoms with Crippen molar-refractivity contribution in [3.8, 4) is 0 Å². The highest BCUT2D eigenvalue weighted by molar-refractivity contribution is 7.89. The molecular formula is C11H15N3O2S2. The number of aromatic amines is 1. The Hall–Kier alpha value is -1.18. The first-order valence-corrected chi connectivity index (χ1v) is 7.84. The summed E-state index contributed by atoms with van der Waals surface area (Å²) in [6, 6.07) is 3.92. The van der Waals surface area contributed by atoms with Crippen LogP contribution in [0.1, 0.15) is 16.7 Å². The highest BCUT2D eigenvalue weighted by atomic mass is 32.2. The predicted octanol–water partition coefficient (Wildman–Crippen LogP) is 1.69. The maximum atomic E-state index is 11.9. The van der Waals surface area contributed by atoms with Crippen LogP contribution in [0.15, 0.2) is 29.4 Å². The number of sulfonamides is 1. The number of hydrogen-bond acceptors (Lipinski definition) is 4. The molecule has 5 nitrogen and oxygen atoms in total. The van der Waals surface area contributed by atoms with Gasteiger partial charge in [-0.05, 0) is 32.4 Å². The van der Waals surface area contributed by atoms with Crippen LogP contribution in [0.2, 0.25) is 0 Å². The maximum Gasteiger partial charge on any atom is 0.243 e. The van der Waals surface area contributed by atoms with E-state index in [0.717, 1.165) is 0 Å². The molecule has 0 aliphatic carbocycles. The first-order chi connectivity index (χ1) is 8.47. The van der Waals surface area contributed by atoms with Gasteiger partial charge in [0.1, 0.15) is 4.90 Å². The average Bonchev–Trinajstić information content (AvgIpc) is 2.88. The number of aromatic nitrogens is 2. The summed E-state index contributed by atoms with van der Waals surface area (Å²) >= 11 is 1.69. The molecule has 2 heterocycles. The molecule has 1 atom stereocenters. The third kappa shape index (κ3) is 3.18. The molecule has 98 valence electrons. The van der Waals surface area contributed by atoms with Gasteiger partial charge < -0.3 is 0 Å². The Morgan fingerprint density at radius 3 is 2.83 bits per heavy atom. The van der Waals surface area contributed by atoms with Crippen LogP contribution in [-0.2, 0) is 16.4 Å². The van der Waals surface area contributed by atoms with Crippen LogP contribution in [0.4, 0.5) is 0 Å². The van der Waals surface area contributed by atoms with Crippen molar-refractivity contribution in [2.45, 2.75) is 31.2 Å². The van der Waals surface area contributed by atoms with Gasteiger partial charge in [-0.25, -0.2) is 13.1 Å². The molecular weight excluding hydrogens is 270 g/mol. The lowest BCUT2D eigenvalue weighted by Crippen LogP contribution is -2.33. The Balaban J connectivity index is 2.01. The van der Waals surface area contributed by atoms with Crippen molar-refractivity contribution in [1.29, 1.82) is 0 Å². The third-order valence-corrected chi connectivity index (χ3v) is 5.02. The zero-order valence-electron chi connectivity index (χ0n) is 10.2. The lowest BCUT2D eigenvalue weighted by molar-refractivity contribution is 0.561. The minimum Gasteiger partial charge on any atom is -0.284 e. The minimum absolute atomic E-state index is 0.150. The summed E-state index contributed by atoms with van der Waals surface area (Å²) in [6.45, 7) is 3.89. The van der Waals surface area contributed by atoms with E-state index in [1.54, 1.807) is 11.3 Å². The summed E-state index contributed by atoms with van der Waals surface area (Å²) < 4.78 is 26.5. The summed E-state index contributed by atoms with van der Waals surface area (Å²) in [6.07, 6.45) is 3.35. The van der Waals surface area contributed by atoms with Crippen molar-refractivity contribution < 1.29 is 8.42 Å². The number of thiophene rings is 1. The van der Waals surface area contributed by atoms with Crippen LogP contribution in [0.3, 0.4) is 0 Å². The van der Waals surface area contributed by atoms with E-state index < -0.39 is 10.0 Å². The van der Waals surface area contributed by atoms with Crippen molar-refractivity contribution in [2.75, 3.05) is 0 Å². The van der Waals surface area contributed by atoms with Crippen molar-refractivity contribution in [2.24, 2.45) is 0 Å². The van der Waals surface area contributed by atoms with E-state index in [4.69, 9.17) is 0 Å². The van der Waals surface area contributed by atoms with Crippen molar-refractivity contribution >= 4 is 21.4 Å². The van der Waals surface area contributed by atoms with Crippen LogP contribution >= 0.6 is 11.3 Å². The van der Waals surface area contributed by atoms with Gasteiger partial charge in [0.25, 0.3) is 0 Å². The van der Waals surface area contributed by atoms with Crippen LogP contribution in [0.25, 0.3) is 0 Å². The molecule has 2 rings (SSSR count). The van der Waals surface area contributed by atoms with E-state index in [1.165, 1.54) is 22.1 Å². The molecule has 0 aromatic carbocycles. The van der Waals surface area contributed by atoms with Crippen molar-refractivity contribution in [1.82, 2.24) is 14.9 Å². The largest absolute Gasteiger partial charge is 0.284 e. The Morgan fingerprint density at radius 1 is 1.50 bits per heavy atom. The van der Waals surface area contributed by atoms with E-state index in [-0.39, 0.29) is 10.9 Å². The molecule has 18 heavy (non-hydrogen) atoms. The Kier molecular flexibility index (Phi) is 3.84. The van der Waals surface area contributed by atoms with Crippen LogP contribution < -0.4 is 4.72 Å². The highest BCUT2D eigenvalue weighted by Crippen LogP contribution is 2.17. The lowest BCUT2D eigenvalue weighted by Gasteiger charge is -2.12. The average molecular weight is 285 g/mol. The Morgan fingerprint density at radius 2 is 2.28 bits per heavy atom. The smallest absolute Gasteiger partial charge is 0.243 e. The molecule has 0 saturated carbocycles. The number of hydrogen-bond donors (Lipinski definition) is 2. The summed E-state index contributed by atoms with van der Waals surface area (Å²) in [5.41, 5.74) is 0. The topological polar surface area (TPSA) is 74.8 Å². The zero-order valence-corrected chi connectivity index (χ0v) is 11.8. The molecule has 0 amide bonds. The van der Waals surface area contributed by atoms with E-state index in [2.05, 4.69) is 14.9 Å². The van der Waals surface area contributed by atoms with Gasteiger partial charge in [0, 0.05) is 22.0 Å². The van der Waals surface area contributed by atoms with Gasteiger partial charge in [0.05, 0.1) is 6.20 Å². The summed E-state index contributed by atoms with van der Waals surface area (Å²) in [5, 5.41) is 6.14. The van der Waals surface area contributed by atoms with Gasteiger partial charge in [-0.15, -0.1) is 11.3 Å². The Labute approximate surface area is 110 Å². The normalized spacial score (nSPS) is 13.7. The molecule has 2 aromatic heterocycles. The van der Waals surface area contributed by atoms with Gasteiger partial charge in [-0.1, -0.05) is 0 Å². The quantitative estimate of drug-likeness (QED) is 0.878. The number of H-pyrrole nitrogens is 1. The fourth-order valence-corrected chi connectivity index (χ4v) is 3.82. The second-order valence-corrected chi connectivity index (χ2v) is 7.26. The van der Waals surface area contributed by atoms with Gasteiger partial charge >= 0.3 is 0 Å². The first-order valence-electron chi connectivity index (χ1n) is 5.54. The predicted molar refractivity (Wildman–Crippen MR) is 71.1 cm³/mol. The summed E-state index contributed by atoms with van der Waals surface area (Å²) in [4.78, 5) is 2.57. The number of nitrogens with zero attached hydrogens (tertiary/aromatic N) is 1. The fourth-order valence-electron chi connectivity index (χ4n) is 1.66. The fraction of sp³-hybridized carbons (Fsp3) is 0.364. The SMILES string of the molecule is Cc1ccc(CC(C)NS(=O)(=O)c2cn[nH]c2)s1. The van der Waals surface area contributed by atoms with Gasteiger partial charge in [0.2, 0.25) is 10.0 Å². The molecule has 7 heteroatoms. The molecule has 0 fully saturated rings. The molecule has 0 radical (unpaired) electrons. The zero-order chi connectivity index (χ0) is 13.2. The van der Waals surface area contributed by atoms with Crippen LogP contribution in [-0.4, -0.2) is 24.7 Å². The second-order valence-electron chi connectivity index (χ2n) is 4.17. The third-order valence-electron chi connectivity index (χ3n) is 2.44. The maximum absolute atomic E-state index is 11.9. The lowest BCUT2D eigenvalue weighted by atomic mass is 10.2. The van der Waals surface area contributed by atoms with E-state index in [1.807, 2.05) is 26.0 Å². The summed E-state index contributed by atoms with van der Waals surface area (Å²) in [7, 11) is -3.47. The van der Waals surface area contributed by atoms with Crippen molar-refractivity contribution in [3.63, 3.8) is 0 Å². The van der Waals surface area contributed by atoms with E-state index in [9.17, 15) is 8.42 Å². The molecule has 0 aliphatic rings. The molecule has 2 aromatic rings. The monoisotopic (exact) mass is 285 g/mol. The number of aryl methyl sites for hydroxylation is 1. The molecule has 0 aliphatic heterocycles. The molecule has 0 spiro atoms. The summed E-state index contributed by atoms with van der Waals surface area (Å²) in [5.74, 6) is 0. The Bertz CT molecular complexity index is 602. The number of nitrogens with one attached hydrogen (secondary N) is 2. The minimum atomic E-state index is -3.47. The van der Waals surface area contributed by atoms with E-state index >= 15 is 0 Å². The van der Waals surface area contributed by atoms with Gasteiger partial charge in [0.15, 0.2) is 0 Å². The van der Waals surface area contributed by atoms with Crippen molar-refractivity contribution in [3.05, 3.63) is 34.3 Å². The van der Waals surface area contributed by atoms with Gasteiger partial charge in [-0.3, -0.25) is 5.10 Å². The molecule has 1 unspecified atom stereocenters. The van der Waals surface area contributed by atoms with E-state index in [0.29, 0.717) is 6.42 Å². The van der Waals surface area contributed by atoms with Crippen LogP contribution in [0, 0.1) is 6.92 Å². The first kappa shape index (κ1) is 13.3. The molecule has 0 bridgehead atoms. The highest BCUT2D eigenvalue weighted by Gasteiger charge is 2.18. The van der Waals surface area contributed by atoms with Crippen LogP contribution in [0.5, 0.6) is 0 Å².